The molecule has 0 aliphatic heterocycles. The molecule has 0 unspecified atom stereocenters. The highest BCUT2D eigenvalue weighted by atomic mass is 32.2. The summed E-state index contributed by atoms with van der Waals surface area (Å²) in [5, 5.41) is 7.79. The molecular weight excluding hydrogens is 316 g/mol. The summed E-state index contributed by atoms with van der Waals surface area (Å²) in [6.07, 6.45) is 2.44. The molecule has 0 atom stereocenters. The van der Waals surface area contributed by atoms with Gasteiger partial charge in [0.05, 0.1) is 5.75 Å². The van der Waals surface area contributed by atoms with Crippen molar-refractivity contribution in [3.8, 4) is 0 Å². The SMILES string of the molecule is CCCNc1ncccc1S(=O)(=O)NCCCS(N)(=O)=O. The zero-order valence-electron chi connectivity index (χ0n) is 11.7. The van der Waals surface area contributed by atoms with Crippen molar-refractivity contribution < 1.29 is 16.8 Å². The summed E-state index contributed by atoms with van der Waals surface area (Å²) < 4.78 is 48.2. The molecule has 0 aromatic carbocycles. The van der Waals surface area contributed by atoms with E-state index >= 15 is 0 Å². The van der Waals surface area contributed by atoms with Crippen LogP contribution < -0.4 is 15.2 Å². The second-order valence-corrected chi connectivity index (χ2v) is 7.86. The number of aromatic nitrogens is 1. The number of primary sulfonamides is 1. The van der Waals surface area contributed by atoms with Crippen molar-refractivity contribution in [2.75, 3.05) is 24.2 Å². The summed E-state index contributed by atoms with van der Waals surface area (Å²) >= 11 is 0. The third-order valence-electron chi connectivity index (χ3n) is 2.50. The van der Waals surface area contributed by atoms with Gasteiger partial charge in [-0.2, -0.15) is 0 Å². The van der Waals surface area contributed by atoms with Crippen LogP contribution in [0.2, 0.25) is 0 Å². The highest BCUT2D eigenvalue weighted by Gasteiger charge is 2.18. The van der Waals surface area contributed by atoms with Crippen molar-refractivity contribution in [3.05, 3.63) is 18.3 Å². The Morgan fingerprint density at radius 3 is 2.57 bits per heavy atom. The minimum absolute atomic E-state index is 0.0130. The van der Waals surface area contributed by atoms with Gasteiger partial charge in [-0.1, -0.05) is 6.92 Å². The van der Waals surface area contributed by atoms with Gasteiger partial charge >= 0.3 is 0 Å². The summed E-state index contributed by atoms with van der Waals surface area (Å²) in [5.41, 5.74) is 0. The van der Waals surface area contributed by atoms with Gasteiger partial charge in [-0.25, -0.2) is 31.7 Å². The molecule has 0 amide bonds. The smallest absolute Gasteiger partial charge is 0.244 e. The van der Waals surface area contributed by atoms with Crippen LogP contribution in [0.4, 0.5) is 5.82 Å². The second-order valence-electron chi connectivity index (χ2n) is 4.40. The lowest BCUT2D eigenvalue weighted by atomic mass is 10.4. The van der Waals surface area contributed by atoms with Crippen molar-refractivity contribution in [1.82, 2.24) is 9.71 Å². The van der Waals surface area contributed by atoms with Crippen molar-refractivity contribution in [2.45, 2.75) is 24.7 Å². The molecule has 120 valence electrons. The molecule has 1 aromatic rings. The topological polar surface area (TPSA) is 131 Å². The summed E-state index contributed by atoms with van der Waals surface area (Å²) in [4.78, 5) is 4.04. The van der Waals surface area contributed by atoms with Gasteiger partial charge < -0.3 is 5.32 Å². The third-order valence-corrected chi connectivity index (χ3v) is 4.85. The van der Waals surface area contributed by atoms with Crippen LogP contribution in [0.5, 0.6) is 0 Å². The van der Waals surface area contributed by atoms with Gasteiger partial charge in [-0.15, -0.1) is 0 Å². The Kier molecular flexibility index (Phi) is 6.52. The number of nitrogens with zero attached hydrogens (tertiary/aromatic N) is 1. The van der Waals surface area contributed by atoms with Crippen LogP contribution in [0, 0.1) is 0 Å². The first kappa shape index (κ1) is 17.8. The van der Waals surface area contributed by atoms with Gasteiger partial charge in [0.15, 0.2) is 0 Å². The first-order valence-corrected chi connectivity index (χ1v) is 9.65. The second kappa shape index (κ2) is 7.69. The Hall–Kier alpha value is -1.23. The molecular formula is C11H20N4O4S2. The third kappa shape index (κ3) is 6.38. The number of sulfonamides is 2. The Balaban J connectivity index is 2.74. The van der Waals surface area contributed by atoms with Crippen LogP contribution in [-0.2, 0) is 20.0 Å². The summed E-state index contributed by atoms with van der Waals surface area (Å²) in [6, 6.07) is 2.96. The van der Waals surface area contributed by atoms with E-state index in [4.69, 9.17) is 5.14 Å². The van der Waals surface area contributed by atoms with Crippen LogP contribution >= 0.6 is 0 Å². The van der Waals surface area contributed by atoms with Crippen molar-refractivity contribution in [2.24, 2.45) is 5.14 Å². The number of rotatable bonds is 9. The highest BCUT2D eigenvalue weighted by molar-refractivity contribution is 7.89. The zero-order valence-corrected chi connectivity index (χ0v) is 13.4. The van der Waals surface area contributed by atoms with E-state index in [1.165, 1.54) is 18.3 Å². The van der Waals surface area contributed by atoms with Gasteiger partial charge in [0.2, 0.25) is 20.0 Å². The fourth-order valence-corrected chi connectivity index (χ4v) is 3.29. The molecule has 0 saturated heterocycles. The van der Waals surface area contributed by atoms with E-state index < -0.39 is 20.0 Å². The van der Waals surface area contributed by atoms with E-state index in [1.54, 1.807) is 0 Å². The maximum absolute atomic E-state index is 12.2. The molecule has 0 radical (unpaired) electrons. The summed E-state index contributed by atoms with van der Waals surface area (Å²) in [5.74, 6) is 0.00190. The lowest BCUT2D eigenvalue weighted by Gasteiger charge is -2.11. The molecule has 0 bridgehead atoms. The molecule has 8 nitrogen and oxygen atoms in total. The van der Waals surface area contributed by atoms with E-state index in [-0.39, 0.29) is 29.4 Å². The number of nitrogens with two attached hydrogens (primary N) is 1. The van der Waals surface area contributed by atoms with Crippen LogP contribution in [-0.4, -0.2) is 40.7 Å². The highest BCUT2D eigenvalue weighted by Crippen LogP contribution is 2.17. The number of nitrogens with one attached hydrogen (secondary N) is 2. The molecule has 4 N–H and O–H groups in total. The molecule has 0 saturated carbocycles. The molecule has 0 aliphatic carbocycles. The van der Waals surface area contributed by atoms with Crippen LogP contribution in [0.1, 0.15) is 19.8 Å². The maximum atomic E-state index is 12.2. The molecule has 1 rings (SSSR count). The van der Waals surface area contributed by atoms with E-state index in [1.807, 2.05) is 6.92 Å². The van der Waals surface area contributed by atoms with E-state index in [0.717, 1.165) is 6.42 Å². The van der Waals surface area contributed by atoms with Gasteiger partial charge in [0.25, 0.3) is 0 Å². The quantitative estimate of drug-likeness (QED) is 0.538. The van der Waals surface area contributed by atoms with Gasteiger partial charge in [0.1, 0.15) is 10.7 Å². The maximum Gasteiger partial charge on any atom is 0.244 e. The zero-order chi connectivity index (χ0) is 15.9. The molecule has 1 heterocycles. The normalized spacial score (nSPS) is 12.3. The van der Waals surface area contributed by atoms with Crippen molar-refractivity contribution in [1.29, 1.82) is 0 Å². The predicted octanol–water partition coefficient (Wildman–Crippen LogP) is -0.140. The first-order valence-electron chi connectivity index (χ1n) is 6.45. The fourth-order valence-electron chi connectivity index (χ4n) is 1.54. The Morgan fingerprint density at radius 1 is 1.24 bits per heavy atom. The van der Waals surface area contributed by atoms with Gasteiger partial charge in [-0.05, 0) is 25.0 Å². The molecule has 0 fully saturated rings. The predicted molar refractivity (Wildman–Crippen MR) is 80.8 cm³/mol. The minimum Gasteiger partial charge on any atom is -0.369 e. The van der Waals surface area contributed by atoms with Gasteiger partial charge in [0, 0.05) is 19.3 Å². The monoisotopic (exact) mass is 336 g/mol. The largest absolute Gasteiger partial charge is 0.369 e. The van der Waals surface area contributed by atoms with Crippen LogP contribution in [0.3, 0.4) is 0 Å². The molecule has 1 aromatic heterocycles. The van der Waals surface area contributed by atoms with E-state index in [9.17, 15) is 16.8 Å². The number of pyridine rings is 1. The average molecular weight is 336 g/mol. The lowest BCUT2D eigenvalue weighted by Crippen LogP contribution is -2.28. The molecule has 21 heavy (non-hydrogen) atoms. The first-order chi connectivity index (χ1) is 9.76. The Labute approximate surface area is 125 Å². The molecule has 0 spiro atoms. The van der Waals surface area contributed by atoms with E-state index in [0.29, 0.717) is 6.54 Å². The van der Waals surface area contributed by atoms with E-state index in [2.05, 4.69) is 15.0 Å². The lowest BCUT2D eigenvalue weighted by molar-refractivity contribution is 0.576. The minimum atomic E-state index is -3.75. The van der Waals surface area contributed by atoms with Crippen LogP contribution in [0.15, 0.2) is 23.2 Å². The van der Waals surface area contributed by atoms with Gasteiger partial charge in [-0.3, -0.25) is 0 Å². The van der Waals surface area contributed by atoms with Crippen molar-refractivity contribution >= 4 is 25.9 Å². The summed E-state index contributed by atoms with van der Waals surface area (Å²) in [7, 11) is -7.34. The molecule has 10 heteroatoms. The number of hydrogen-bond donors (Lipinski definition) is 3. The van der Waals surface area contributed by atoms with Crippen LogP contribution in [0.25, 0.3) is 0 Å². The summed E-state index contributed by atoms with van der Waals surface area (Å²) in [6.45, 7) is 2.54. The number of anilines is 1. The average Bonchev–Trinajstić information content (AvgIpc) is 2.41. The Morgan fingerprint density at radius 2 is 1.95 bits per heavy atom. The number of hydrogen-bond acceptors (Lipinski definition) is 6. The standard InChI is InChI=1S/C11H20N4O4S2/c1-2-6-13-11-10(5-3-7-14-11)21(18,19)15-8-4-9-20(12,16)17/h3,5,7,15H,2,4,6,8-9H2,1H3,(H,13,14)(H2,12,16,17). The van der Waals surface area contributed by atoms with Crippen molar-refractivity contribution in [3.63, 3.8) is 0 Å². The fraction of sp³-hybridized carbons (Fsp3) is 0.545. The molecule has 0 aliphatic rings. The Bertz CT molecular complexity index is 659.